The van der Waals surface area contributed by atoms with Crippen molar-refractivity contribution < 1.29 is 13.6 Å². The summed E-state index contributed by atoms with van der Waals surface area (Å²) in [5, 5.41) is 2.56. The largest absolute Gasteiger partial charge is 0.322 e. The lowest BCUT2D eigenvalue weighted by atomic mass is 10.1. The number of halogens is 2. The molecule has 0 saturated carbocycles. The summed E-state index contributed by atoms with van der Waals surface area (Å²) in [6, 6.07) is 18.8. The average molecular weight is 369 g/mol. The Kier molecular flexibility index (Phi) is 5.68. The van der Waals surface area contributed by atoms with Crippen molar-refractivity contribution in [3.8, 4) is 0 Å². The second-order valence-electron chi connectivity index (χ2n) is 5.88. The van der Waals surface area contributed by atoms with Crippen molar-refractivity contribution in [3.63, 3.8) is 0 Å². The number of benzene rings is 3. The van der Waals surface area contributed by atoms with Crippen LogP contribution in [0.2, 0.25) is 0 Å². The highest BCUT2D eigenvalue weighted by Crippen LogP contribution is 2.23. The Morgan fingerprint density at radius 1 is 0.923 bits per heavy atom. The Hall–Kier alpha value is -2.66. The molecule has 0 fully saturated rings. The molecule has 3 rings (SSSR count). The maximum Gasteiger partial charge on any atom is 0.255 e. The molecule has 0 saturated heterocycles. The van der Waals surface area contributed by atoms with Crippen LogP contribution in [0.25, 0.3) is 0 Å². The summed E-state index contributed by atoms with van der Waals surface area (Å²) in [6.45, 7) is 2.05. The zero-order chi connectivity index (χ0) is 18.5. The van der Waals surface area contributed by atoms with E-state index in [1.165, 1.54) is 16.5 Å². The van der Waals surface area contributed by atoms with Gasteiger partial charge in [-0.3, -0.25) is 4.79 Å². The van der Waals surface area contributed by atoms with Crippen LogP contribution in [0.3, 0.4) is 0 Å². The van der Waals surface area contributed by atoms with Crippen LogP contribution in [0, 0.1) is 18.6 Å². The predicted molar refractivity (Wildman–Crippen MR) is 101 cm³/mol. The molecular formula is C21H17F2NOS. The smallest absolute Gasteiger partial charge is 0.255 e. The molecule has 0 bridgehead atoms. The van der Waals surface area contributed by atoms with Crippen LogP contribution < -0.4 is 5.32 Å². The van der Waals surface area contributed by atoms with Crippen LogP contribution in [0.1, 0.15) is 21.5 Å². The molecule has 5 heteroatoms. The van der Waals surface area contributed by atoms with E-state index in [2.05, 4.69) is 36.5 Å². The molecule has 1 N–H and O–H groups in total. The summed E-state index contributed by atoms with van der Waals surface area (Å²) in [4.78, 5) is 13.4. The SMILES string of the molecule is Cc1ccc(SCc2ccc(C(=O)Nc3ccc(F)c(F)c3)cc2)cc1. The molecule has 1 amide bonds. The number of aryl methyl sites for hydroxylation is 1. The maximum absolute atomic E-state index is 13.2. The van der Waals surface area contributed by atoms with Crippen molar-refractivity contribution in [2.24, 2.45) is 0 Å². The molecule has 0 atom stereocenters. The minimum Gasteiger partial charge on any atom is -0.322 e. The van der Waals surface area contributed by atoms with E-state index in [1.807, 2.05) is 12.1 Å². The first-order chi connectivity index (χ1) is 12.5. The Labute approximate surface area is 155 Å². The molecule has 0 aliphatic rings. The minimum absolute atomic E-state index is 0.216. The Morgan fingerprint density at radius 2 is 1.62 bits per heavy atom. The van der Waals surface area contributed by atoms with E-state index in [0.717, 1.165) is 23.4 Å². The van der Waals surface area contributed by atoms with Crippen LogP contribution in [0.4, 0.5) is 14.5 Å². The zero-order valence-corrected chi connectivity index (χ0v) is 14.9. The van der Waals surface area contributed by atoms with Gasteiger partial charge < -0.3 is 5.32 Å². The third-order valence-electron chi connectivity index (χ3n) is 3.82. The van der Waals surface area contributed by atoms with Crippen molar-refractivity contribution in [1.29, 1.82) is 0 Å². The predicted octanol–water partition coefficient (Wildman–Crippen LogP) is 5.82. The number of anilines is 1. The molecule has 0 aliphatic carbocycles. The van der Waals surface area contributed by atoms with Crippen molar-refractivity contribution in [3.05, 3.63) is 95.1 Å². The summed E-state index contributed by atoms with van der Waals surface area (Å²) in [5.41, 5.74) is 3.00. The second-order valence-corrected chi connectivity index (χ2v) is 6.93. The third-order valence-corrected chi connectivity index (χ3v) is 4.90. The van der Waals surface area contributed by atoms with Gasteiger partial charge in [-0.15, -0.1) is 11.8 Å². The molecule has 2 nitrogen and oxygen atoms in total. The molecule has 26 heavy (non-hydrogen) atoms. The van der Waals surface area contributed by atoms with Gasteiger partial charge in [-0.2, -0.15) is 0 Å². The van der Waals surface area contributed by atoms with Crippen LogP contribution in [-0.4, -0.2) is 5.91 Å². The highest BCUT2D eigenvalue weighted by atomic mass is 32.2. The number of nitrogens with one attached hydrogen (secondary N) is 1. The quantitative estimate of drug-likeness (QED) is 0.574. The first-order valence-electron chi connectivity index (χ1n) is 8.06. The van der Waals surface area contributed by atoms with Gasteiger partial charge in [0.2, 0.25) is 0 Å². The number of carbonyl (C=O) groups excluding carboxylic acids is 1. The van der Waals surface area contributed by atoms with Crippen molar-refractivity contribution in [2.45, 2.75) is 17.6 Å². The van der Waals surface area contributed by atoms with Crippen LogP contribution in [0.5, 0.6) is 0 Å². The van der Waals surface area contributed by atoms with Gasteiger partial charge >= 0.3 is 0 Å². The zero-order valence-electron chi connectivity index (χ0n) is 14.1. The van der Waals surface area contributed by atoms with Crippen molar-refractivity contribution in [2.75, 3.05) is 5.32 Å². The minimum atomic E-state index is -0.994. The number of carbonyl (C=O) groups is 1. The van der Waals surface area contributed by atoms with E-state index in [4.69, 9.17) is 0 Å². The molecule has 132 valence electrons. The first-order valence-corrected chi connectivity index (χ1v) is 9.04. The van der Waals surface area contributed by atoms with Gasteiger partial charge in [0.25, 0.3) is 5.91 Å². The lowest BCUT2D eigenvalue weighted by molar-refractivity contribution is 0.102. The molecule has 0 radical (unpaired) electrons. The first kappa shape index (κ1) is 18.1. The van der Waals surface area contributed by atoms with E-state index >= 15 is 0 Å². The average Bonchev–Trinajstić information content (AvgIpc) is 2.65. The van der Waals surface area contributed by atoms with Gasteiger partial charge in [0, 0.05) is 28.0 Å². The second kappa shape index (κ2) is 8.15. The van der Waals surface area contributed by atoms with Gasteiger partial charge in [-0.1, -0.05) is 29.8 Å². The fourth-order valence-electron chi connectivity index (χ4n) is 2.33. The monoisotopic (exact) mass is 369 g/mol. The lowest BCUT2D eigenvalue weighted by Gasteiger charge is -2.07. The Bertz CT molecular complexity index is 908. The van der Waals surface area contributed by atoms with E-state index < -0.39 is 11.6 Å². The van der Waals surface area contributed by atoms with Crippen LogP contribution >= 0.6 is 11.8 Å². The Balaban J connectivity index is 1.60. The van der Waals surface area contributed by atoms with Gasteiger partial charge in [-0.05, 0) is 48.9 Å². The summed E-state index contributed by atoms with van der Waals surface area (Å²) < 4.78 is 26.1. The Morgan fingerprint density at radius 3 is 2.27 bits per heavy atom. The fourth-order valence-corrected chi connectivity index (χ4v) is 3.18. The summed E-state index contributed by atoms with van der Waals surface area (Å²) in [5.74, 6) is -1.51. The van der Waals surface area contributed by atoms with E-state index in [-0.39, 0.29) is 11.6 Å². The van der Waals surface area contributed by atoms with E-state index in [9.17, 15) is 13.6 Å². The van der Waals surface area contributed by atoms with Crippen LogP contribution in [-0.2, 0) is 5.75 Å². The van der Waals surface area contributed by atoms with E-state index in [0.29, 0.717) is 5.56 Å². The highest BCUT2D eigenvalue weighted by Gasteiger charge is 2.08. The number of hydrogen-bond acceptors (Lipinski definition) is 2. The molecule has 0 spiro atoms. The molecule has 0 aromatic heterocycles. The van der Waals surface area contributed by atoms with Gasteiger partial charge in [0.05, 0.1) is 0 Å². The van der Waals surface area contributed by atoms with Crippen molar-refractivity contribution in [1.82, 2.24) is 0 Å². The highest BCUT2D eigenvalue weighted by molar-refractivity contribution is 7.98. The molecule has 0 heterocycles. The van der Waals surface area contributed by atoms with Gasteiger partial charge in [0.15, 0.2) is 11.6 Å². The number of rotatable bonds is 5. The van der Waals surface area contributed by atoms with Crippen LogP contribution in [0.15, 0.2) is 71.6 Å². The summed E-state index contributed by atoms with van der Waals surface area (Å²) in [7, 11) is 0. The van der Waals surface area contributed by atoms with Gasteiger partial charge in [0.1, 0.15) is 0 Å². The summed E-state index contributed by atoms with van der Waals surface area (Å²) >= 11 is 1.72. The molecule has 3 aromatic rings. The molecule has 3 aromatic carbocycles. The number of thioether (sulfide) groups is 1. The fraction of sp³-hybridized carbons (Fsp3) is 0.0952. The number of amides is 1. The normalized spacial score (nSPS) is 10.6. The van der Waals surface area contributed by atoms with Gasteiger partial charge in [-0.25, -0.2) is 8.78 Å². The van der Waals surface area contributed by atoms with Crippen molar-refractivity contribution >= 4 is 23.4 Å². The topological polar surface area (TPSA) is 29.1 Å². The molecular weight excluding hydrogens is 352 g/mol. The summed E-state index contributed by atoms with van der Waals surface area (Å²) in [6.07, 6.45) is 0. The lowest BCUT2D eigenvalue weighted by Crippen LogP contribution is -2.12. The maximum atomic E-state index is 13.2. The van der Waals surface area contributed by atoms with E-state index in [1.54, 1.807) is 23.9 Å². The number of hydrogen-bond donors (Lipinski definition) is 1. The molecule has 0 unspecified atom stereocenters. The third kappa shape index (κ3) is 4.70. The molecule has 0 aliphatic heterocycles. The standard InChI is InChI=1S/C21H17F2NOS/c1-14-2-9-18(10-3-14)26-13-15-4-6-16(7-5-15)21(25)24-17-8-11-19(22)20(23)12-17/h2-12H,13H2,1H3,(H,24,25).